The van der Waals surface area contributed by atoms with E-state index in [0.29, 0.717) is 26.1 Å². The first kappa shape index (κ1) is 16.2. The van der Waals surface area contributed by atoms with Gasteiger partial charge in [-0.15, -0.1) is 0 Å². The number of Topliss-reactive ketones (excluding diaryl/α,β-unsaturated/α-hetero) is 1. The lowest BCUT2D eigenvalue weighted by molar-refractivity contribution is -0.131. The highest BCUT2D eigenvalue weighted by molar-refractivity contribution is 5.94. The summed E-state index contributed by atoms with van der Waals surface area (Å²) in [5.41, 5.74) is 1.82. The van der Waals surface area contributed by atoms with Gasteiger partial charge >= 0.3 is 0 Å². The van der Waals surface area contributed by atoms with Crippen molar-refractivity contribution in [3.05, 3.63) is 42.5 Å². The first-order valence-corrected chi connectivity index (χ1v) is 8.09. The molecule has 0 saturated carbocycles. The molecule has 7 nitrogen and oxygen atoms in total. The van der Waals surface area contributed by atoms with E-state index in [9.17, 15) is 9.59 Å². The number of carbonyl (C=O) groups is 2. The number of hydrogen-bond acceptors (Lipinski definition) is 5. The number of nitrogens with zero attached hydrogens (tertiary/aromatic N) is 5. The number of hydrogen-bond donors (Lipinski definition) is 0. The van der Waals surface area contributed by atoms with E-state index in [1.54, 1.807) is 17.9 Å². The summed E-state index contributed by atoms with van der Waals surface area (Å²) in [5, 5.41) is 4.01. The van der Waals surface area contributed by atoms with E-state index in [2.05, 4.69) is 15.0 Å². The lowest BCUT2D eigenvalue weighted by atomic mass is 10.1. The summed E-state index contributed by atoms with van der Waals surface area (Å²) in [6.07, 6.45) is 3.53. The molecule has 0 spiro atoms. The molecule has 1 aliphatic rings. The monoisotopic (exact) mass is 327 g/mol. The molecule has 1 fully saturated rings. The number of amides is 1. The molecular weight excluding hydrogens is 306 g/mol. The Morgan fingerprint density at radius 1 is 1.08 bits per heavy atom. The predicted octanol–water partition coefficient (Wildman–Crippen LogP) is 1.22. The van der Waals surface area contributed by atoms with E-state index in [0.717, 1.165) is 24.3 Å². The molecule has 0 aliphatic carbocycles. The Morgan fingerprint density at radius 2 is 1.79 bits per heavy atom. The smallest absolute Gasteiger partial charge is 0.224 e. The third kappa shape index (κ3) is 3.79. The molecule has 24 heavy (non-hydrogen) atoms. The molecule has 2 heterocycles. The second-order valence-electron chi connectivity index (χ2n) is 5.88. The van der Waals surface area contributed by atoms with Gasteiger partial charge in [0.2, 0.25) is 5.91 Å². The molecule has 1 saturated heterocycles. The van der Waals surface area contributed by atoms with Gasteiger partial charge in [0.25, 0.3) is 0 Å². The predicted molar refractivity (Wildman–Crippen MR) is 89.9 cm³/mol. The van der Waals surface area contributed by atoms with Crippen molar-refractivity contribution >= 4 is 17.4 Å². The minimum atomic E-state index is 0.0735. The van der Waals surface area contributed by atoms with Crippen molar-refractivity contribution in [1.82, 2.24) is 19.7 Å². The molecule has 0 atom stereocenters. The third-order valence-corrected chi connectivity index (χ3v) is 4.29. The summed E-state index contributed by atoms with van der Waals surface area (Å²) in [5.74, 6) is 0.224. The van der Waals surface area contributed by atoms with E-state index in [4.69, 9.17) is 0 Å². The molecular formula is C17H21N5O2. The van der Waals surface area contributed by atoms with E-state index in [1.807, 2.05) is 29.2 Å². The van der Waals surface area contributed by atoms with Crippen LogP contribution in [-0.2, 0) is 11.3 Å². The number of anilines is 1. The third-order valence-electron chi connectivity index (χ3n) is 4.29. The highest BCUT2D eigenvalue weighted by Gasteiger charge is 2.21. The van der Waals surface area contributed by atoms with Crippen LogP contribution in [0.3, 0.4) is 0 Å². The average Bonchev–Trinajstić information content (AvgIpc) is 3.13. The van der Waals surface area contributed by atoms with Crippen molar-refractivity contribution in [2.24, 2.45) is 0 Å². The van der Waals surface area contributed by atoms with Gasteiger partial charge in [-0.2, -0.15) is 5.10 Å². The molecule has 0 bridgehead atoms. The van der Waals surface area contributed by atoms with Crippen LogP contribution in [0, 0.1) is 0 Å². The van der Waals surface area contributed by atoms with Gasteiger partial charge in [0.15, 0.2) is 5.78 Å². The molecule has 126 valence electrons. The number of carbonyl (C=O) groups excluding carboxylic acids is 2. The summed E-state index contributed by atoms with van der Waals surface area (Å²) in [6, 6.07) is 7.65. The van der Waals surface area contributed by atoms with E-state index < -0.39 is 0 Å². The first-order chi connectivity index (χ1) is 11.6. The molecule has 3 rings (SSSR count). The molecule has 1 amide bonds. The fourth-order valence-corrected chi connectivity index (χ4v) is 2.84. The highest BCUT2D eigenvalue weighted by atomic mass is 16.2. The van der Waals surface area contributed by atoms with Crippen LogP contribution in [0.2, 0.25) is 0 Å². The van der Waals surface area contributed by atoms with Crippen LogP contribution in [0.5, 0.6) is 0 Å². The van der Waals surface area contributed by atoms with Crippen LogP contribution in [0.4, 0.5) is 5.69 Å². The van der Waals surface area contributed by atoms with Gasteiger partial charge in [0.1, 0.15) is 12.7 Å². The molecule has 1 aromatic carbocycles. The summed E-state index contributed by atoms with van der Waals surface area (Å²) < 4.78 is 1.67. The molecule has 0 radical (unpaired) electrons. The topological polar surface area (TPSA) is 71.3 Å². The molecule has 0 unspecified atom stereocenters. The van der Waals surface area contributed by atoms with Crippen molar-refractivity contribution in [3.8, 4) is 0 Å². The Kier molecular flexibility index (Phi) is 4.88. The van der Waals surface area contributed by atoms with Gasteiger partial charge in [0.05, 0.1) is 6.54 Å². The Hall–Kier alpha value is -2.70. The molecule has 2 aromatic rings. The van der Waals surface area contributed by atoms with Crippen molar-refractivity contribution in [2.75, 3.05) is 31.1 Å². The fourth-order valence-electron chi connectivity index (χ4n) is 2.84. The standard InChI is InChI=1S/C17H21N5O2/c1-14(23)15-2-4-16(5-3-15)20-8-10-21(11-9-20)17(24)6-7-22-13-18-12-19-22/h2-5,12-13H,6-11H2,1H3. The number of aryl methyl sites for hydroxylation is 1. The zero-order valence-corrected chi connectivity index (χ0v) is 13.8. The SMILES string of the molecule is CC(=O)c1ccc(N2CCN(C(=O)CCn3cncn3)CC2)cc1. The summed E-state index contributed by atoms with van der Waals surface area (Å²) >= 11 is 0. The highest BCUT2D eigenvalue weighted by Crippen LogP contribution is 2.18. The van der Waals surface area contributed by atoms with Crippen LogP contribution in [0.1, 0.15) is 23.7 Å². The first-order valence-electron chi connectivity index (χ1n) is 8.09. The number of piperazine rings is 1. The van der Waals surface area contributed by atoms with Crippen molar-refractivity contribution in [2.45, 2.75) is 19.9 Å². The molecule has 0 N–H and O–H groups in total. The molecule has 7 heteroatoms. The maximum atomic E-state index is 12.3. The fraction of sp³-hybridized carbons (Fsp3) is 0.412. The van der Waals surface area contributed by atoms with E-state index >= 15 is 0 Å². The van der Waals surface area contributed by atoms with Crippen molar-refractivity contribution < 1.29 is 9.59 Å². The maximum absolute atomic E-state index is 12.3. The second kappa shape index (κ2) is 7.25. The van der Waals surface area contributed by atoms with Gasteiger partial charge < -0.3 is 9.80 Å². The van der Waals surface area contributed by atoms with Crippen molar-refractivity contribution in [1.29, 1.82) is 0 Å². The quantitative estimate of drug-likeness (QED) is 0.772. The number of aromatic nitrogens is 3. The molecule has 1 aliphatic heterocycles. The van der Waals surface area contributed by atoms with Crippen LogP contribution in [0.15, 0.2) is 36.9 Å². The normalized spacial score (nSPS) is 14.7. The Balaban J connectivity index is 1.49. The number of benzene rings is 1. The molecule has 1 aromatic heterocycles. The lowest BCUT2D eigenvalue weighted by Crippen LogP contribution is -2.49. The minimum Gasteiger partial charge on any atom is -0.368 e. The van der Waals surface area contributed by atoms with Crippen LogP contribution < -0.4 is 4.90 Å². The zero-order valence-electron chi connectivity index (χ0n) is 13.8. The minimum absolute atomic E-state index is 0.0735. The van der Waals surface area contributed by atoms with Gasteiger partial charge in [0, 0.05) is 43.9 Å². The van der Waals surface area contributed by atoms with E-state index in [1.165, 1.54) is 6.33 Å². The Labute approximate surface area is 140 Å². The van der Waals surface area contributed by atoms with Crippen LogP contribution in [-0.4, -0.2) is 57.5 Å². The van der Waals surface area contributed by atoms with Crippen LogP contribution >= 0.6 is 0 Å². The zero-order chi connectivity index (χ0) is 16.9. The van der Waals surface area contributed by atoms with Crippen molar-refractivity contribution in [3.63, 3.8) is 0 Å². The Morgan fingerprint density at radius 3 is 2.38 bits per heavy atom. The second-order valence-corrected chi connectivity index (χ2v) is 5.88. The number of ketones is 1. The summed E-state index contributed by atoms with van der Waals surface area (Å²) in [7, 11) is 0. The largest absolute Gasteiger partial charge is 0.368 e. The van der Waals surface area contributed by atoms with Gasteiger partial charge in [-0.05, 0) is 31.2 Å². The summed E-state index contributed by atoms with van der Waals surface area (Å²) in [6.45, 7) is 5.16. The van der Waals surface area contributed by atoms with Gasteiger partial charge in [-0.3, -0.25) is 14.3 Å². The maximum Gasteiger partial charge on any atom is 0.224 e. The lowest BCUT2D eigenvalue weighted by Gasteiger charge is -2.36. The van der Waals surface area contributed by atoms with Gasteiger partial charge in [-0.1, -0.05) is 0 Å². The van der Waals surface area contributed by atoms with Gasteiger partial charge in [-0.25, -0.2) is 4.98 Å². The average molecular weight is 327 g/mol. The Bertz CT molecular complexity index is 688. The van der Waals surface area contributed by atoms with Crippen LogP contribution in [0.25, 0.3) is 0 Å². The summed E-state index contributed by atoms with van der Waals surface area (Å²) in [4.78, 5) is 31.6. The number of rotatable bonds is 5. The van der Waals surface area contributed by atoms with E-state index in [-0.39, 0.29) is 11.7 Å².